The number of allylic oxidation sites excluding steroid dienone is 2. The van der Waals surface area contributed by atoms with Gasteiger partial charge in [-0.05, 0) is 24.5 Å². The third-order valence-corrected chi connectivity index (χ3v) is 4.58. The Morgan fingerprint density at radius 3 is 2.50 bits per heavy atom. The third kappa shape index (κ3) is 3.50. The normalized spacial score (nSPS) is 33.4. The van der Waals surface area contributed by atoms with E-state index in [0.29, 0.717) is 12.2 Å². The number of methoxy groups -OCH3 is 2. The highest BCUT2D eigenvalue weighted by Crippen LogP contribution is 2.48. The van der Waals surface area contributed by atoms with Gasteiger partial charge in [0.2, 0.25) is 0 Å². The number of ketones is 1. The van der Waals surface area contributed by atoms with Crippen molar-refractivity contribution < 1.29 is 19.0 Å². The lowest BCUT2D eigenvalue weighted by Crippen LogP contribution is -2.68. The van der Waals surface area contributed by atoms with Gasteiger partial charge in [0.05, 0.1) is 18.8 Å². The number of carbonyl (C=O) groups is 1. The second-order valence-electron chi connectivity index (χ2n) is 5.54. The molecule has 22 heavy (non-hydrogen) atoms. The predicted molar refractivity (Wildman–Crippen MR) is 87.9 cm³/mol. The van der Waals surface area contributed by atoms with E-state index in [0.717, 1.165) is 19.3 Å². The highest BCUT2D eigenvalue weighted by atomic mass is 16.6. The first-order valence-corrected chi connectivity index (χ1v) is 8.18. The van der Waals surface area contributed by atoms with Crippen LogP contribution in [0.15, 0.2) is 24.3 Å². The summed E-state index contributed by atoms with van der Waals surface area (Å²) in [4.78, 5) is 12.2. The molecule has 1 aliphatic heterocycles. The molecule has 0 aromatic carbocycles. The number of carbonyl (C=O) groups excluding carboxylic acids is 1. The lowest BCUT2D eigenvalue weighted by atomic mass is 9.66. The van der Waals surface area contributed by atoms with Crippen LogP contribution in [0.4, 0.5) is 0 Å². The second kappa shape index (κ2) is 8.61. The van der Waals surface area contributed by atoms with Crippen LogP contribution in [0.5, 0.6) is 0 Å². The second-order valence-corrected chi connectivity index (χ2v) is 5.54. The number of hydrogen-bond acceptors (Lipinski definition) is 4. The van der Waals surface area contributed by atoms with Crippen molar-refractivity contribution in [1.82, 2.24) is 0 Å². The van der Waals surface area contributed by atoms with Crippen LogP contribution in [0, 0.1) is 5.92 Å². The van der Waals surface area contributed by atoms with Gasteiger partial charge in [-0.1, -0.05) is 33.4 Å². The molecule has 0 aromatic heterocycles. The molecule has 4 heteroatoms. The van der Waals surface area contributed by atoms with Gasteiger partial charge in [-0.25, -0.2) is 0 Å². The molecule has 0 amide bonds. The maximum atomic E-state index is 12.2. The maximum absolute atomic E-state index is 12.2. The fourth-order valence-corrected chi connectivity index (χ4v) is 3.22. The largest absolute Gasteiger partial charge is 0.381 e. The summed E-state index contributed by atoms with van der Waals surface area (Å²) in [7, 11) is 3.39. The minimum absolute atomic E-state index is 0.00379. The van der Waals surface area contributed by atoms with E-state index in [-0.39, 0.29) is 23.9 Å². The molecule has 0 aromatic rings. The molecule has 0 spiro atoms. The van der Waals surface area contributed by atoms with Crippen LogP contribution in [-0.4, -0.2) is 44.4 Å². The van der Waals surface area contributed by atoms with Crippen LogP contribution in [0.1, 0.15) is 40.0 Å². The molecule has 4 atom stereocenters. The summed E-state index contributed by atoms with van der Waals surface area (Å²) in [5.41, 5.74) is 0.202. The van der Waals surface area contributed by atoms with E-state index in [1.807, 2.05) is 26.8 Å². The van der Waals surface area contributed by atoms with Crippen molar-refractivity contribution in [3.05, 3.63) is 24.3 Å². The van der Waals surface area contributed by atoms with Crippen molar-refractivity contribution in [3.63, 3.8) is 0 Å². The predicted octanol–water partition coefficient (Wildman–Crippen LogP) is 3.31. The van der Waals surface area contributed by atoms with E-state index < -0.39 is 5.60 Å². The zero-order valence-corrected chi connectivity index (χ0v) is 14.6. The molecule has 1 saturated carbocycles. The van der Waals surface area contributed by atoms with Crippen LogP contribution in [-0.2, 0) is 19.0 Å². The van der Waals surface area contributed by atoms with Crippen molar-refractivity contribution in [2.75, 3.05) is 20.8 Å². The average Bonchev–Trinajstić information content (AvgIpc) is 2.55. The Hall–Kier alpha value is -0.970. The zero-order chi connectivity index (χ0) is 16.8. The van der Waals surface area contributed by atoms with Gasteiger partial charge in [0, 0.05) is 26.6 Å². The molecule has 2 aliphatic rings. The van der Waals surface area contributed by atoms with Gasteiger partial charge in [0.15, 0.2) is 5.78 Å². The highest BCUT2D eigenvalue weighted by molar-refractivity contribution is 6.04. The van der Waals surface area contributed by atoms with Crippen molar-refractivity contribution in [3.8, 4) is 0 Å². The zero-order valence-electron chi connectivity index (χ0n) is 14.6. The summed E-state index contributed by atoms with van der Waals surface area (Å²) in [5, 5.41) is 0. The molecule has 1 aliphatic carbocycles. The lowest BCUT2D eigenvalue weighted by Gasteiger charge is -2.57. The molecule has 0 bridgehead atoms. The molecular weight excluding hydrogens is 280 g/mol. The minimum Gasteiger partial charge on any atom is -0.381 e. The molecule has 1 unspecified atom stereocenters. The topological polar surface area (TPSA) is 44.8 Å². The molecule has 1 saturated heterocycles. The van der Waals surface area contributed by atoms with Crippen molar-refractivity contribution in [2.45, 2.75) is 57.8 Å². The molecule has 2 rings (SSSR count). The number of fused-ring (bicyclic) bond motifs is 1. The van der Waals surface area contributed by atoms with Gasteiger partial charge in [-0.15, -0.1) is 0 Å². The fraction of sp³-hybridized carbons (Fsp3) is 0.722. The van der Waals surface area contributed by atoms with Crippen molar-refractivity contribution >= 4 is 5.78 Å². The van der Waals surface area contributed by atoms with E-state index in [2.05, 4.69) is 6.58 Å². The van der Waals surface area contributed by atoms with Crippen LogP contribution in [0.3, 0.4) is 0 Å². The Balaban J connectivity index is 0.00000116. The molecule has 1 heterocycles. The fourth-order valence-electron chi connectivity index (χ4n) is 3.22. The van der Waals surface area contributed by atoms with E-state index in [9.17, 15) is 4.79 Å². The maximum Gasteiger partial charge on any atom is 0.181 e. The first-order chi connectivity index (χ1) is 10.6. The number of hydrogen-bond donors (Lipinski definition) is 0. The minimum atomic E-state index is -0.401. The highest BCUT2D eigenvalue weighted by Gasteiger charge is 2.59. The Morgan fingerprint density at radius 2 is 2.05 bits per heavy atom. The molecule has 126 valence electrons. The standard InChI is InChI=1S/C16H24O4.C2H6/c1-5-6-7-14(17)11(2)13-8-12(18-3)9-15-16(13,19-4)10-20-15;1-2/h6-7,12-13,15H,2,5,8-10H2,1,3-4H3;1-2H3/b7-6-;/t12-,13-,15?,16-;/m1./s1. The van der Waals surface area contributed by atoms with Crippen LogP contribution in [0.25, 0.3) is 0 Å². The molecular formula is C18H30O4. The smallest absolute Gasteiger partial charge is 0.181 e. The SMILES string of the molecule is C=C(C(=O)/C=C\CC)[C@H]1C[C@@H](OC)CC2OC[C@]21OC.CC. The quantitative estimate of drug-likeness (QED) is 0.706. The molecule has 2 fully saturated rings. The van der Waals surface area contributed by atoms with E-state index in [1.165, 1.54) is 0 Å². The van der Waals surface area contributed by atoms with E-state index >= 15 is 0 Å². The Labute approximate surface area is 134 Å². The Morgan fingerprint density at radius 1 is 1.36 bits per heavy atom. The summed E-state index contributed by atoms with van der Waals surface area (Å²) in [6, 6.07) is 0. The van der Waals surface area contributed by atoms with Gasteiger partial charge in [0.1, 0.15) is 5.60 Å². The summed E-state index contributed by atoms with van der Waals surface area (Å²) in [6.07, 6.45) is 5.96. The third-order valence-electron chi connectivity index (χ3n) is 4.58. The molecule has 0 N–H and O–H groups in total. The molecule has 4 nitrogen and oxygen atoms in total. The molecule has 0 radical (unpaired) electrons. The summed E-state index contributed by atoms with van der Waals surface area (Å²) in [6.45, 7) is 10.5. The first-order valence-electron chi connectivity index (χ1n) is 8.18. The van der Waals surface area contributed by atoms with E-state index in [1.54, 1.807) is 20.3 Å². The number of ether oxygens (including phenoxy) is 3. The summed E-state index contributed by atoms with van der Waals surface area (Å²) < 4.78 is 16.8. The monoisotopic (exact) mass is 310 g/mol. The van der Waals surface area contributed by atoms with E-state index in [4.69, 9.17) is 14.2 Å². The van der Waals surface area contributed by atoms with Gasteiger partial charge < -0.3 is 14.2 Å². The summed E-state index contributed by atoms with van der Waals surface area (Å²) >= 11 is 0. The summed E-state index contributed by atoms with van der Waals surface area (Å²) in [5.74, 6) is -0.0605. The lowest BCUT2D eigenvalue weighted by molar-refractivity contribution is -0.294. The first kappa shape index (κ1) is 19.1. The van der Waals surface area contributed by atoms with Gasteiger partial charge in [-0.3, -0.25) is 4.79 Å². The Kier molecular flexibility index (Phi) is 7.46. The van der Waals surface area contributed by atoms with Crippen LogP contribution in [0.2, 0.25) is 0 Å². The van der Waals surface area contributed by atoms with Crippen LogP contribution >= 0.6 is 0 Å². The van der Waals surface area contributed by atoms with Gasteiger partial charge >= 0.3 is 0 Å². The van der Waals surface area contributed by atoms with Gasteiger partial charge in [0.25, 0.3) is 0 Å². The van der Waals surface area contributed by atoms with Gasteiger partial charge in [-0.2, -0.15) is 0 Å². The van der Waals surface area contributed by atoms with Crippen molar-refractivity contribution in [1.29, 1.82) is 0 Å². The Bertz CT molecular complexity index is 411. The average molecular weight is 310 g/mol. The number of rotatable bonds is 6. The van der Waals surface area contributed by atoms with Crippen LogP contribution < -0.4 is 0 Å². The van der Waals surface area contributed by atoms with Crippen molar-refractivity contribution in [2.24, 2.45) is 5.92 Å².